The second kappa shape index (κ2) is 8.30. The number of methoxy groups -OCH3 is 1. The van der Waals surface area contributed by atoms with E-state index >= 15 is 0 Å². The van der Waals surface area contributed by atoms with Crippen LogP contribution in [-0.2, 0) is 19.0 Å². The van der Waals surface area contributed by atoms with Crippen molar-refractivity contribution < 1.29 is 24.1 Å². The summed E-state index contributed by atoms with van der Waals surface area (Å²) >= 11 is 0. The Morgan fingerprint density at radius 3 is 2.95 bits per heavy atom. The second-order valence-electron chi connectivity index (χ2n) is 4.92. The molecule has 3 atom stereocenters. The molecule has 1 rings (SSSR count). The minimum absolute atomic E-state index is 0.190. The first-order valence-electron chi connectivity index (χ1n) is 6.67. The van der Waals surface area contributed by atoms with Crippen molar-refractivity contribution in [3.05, 3.63) is 11.6 Å². The van der Waals surface area contributed by atoms with Gasteiger partial charge < -0.3 is 19.3 Å². The van der Waals surface area contributed by atoms with E-state index in [0.29, 0.717) is 12.5 Å². The predicted molar refractivity (Wildman–Crippen MR) is 70.5 cm³/mol. The summed E-state index contributed by atoms with van der Waals surface area (Å²) in [7, 11) is 1.63. The van der Waals surface area contributed by atoms with E-state index in [0.717, 1.165) is 24.8 Å². The van der Waals surface area contributed by atoms with Crippen LogP contribution in [0.15, 0.2) is 11.6 Å². The molecule has 0 saturated carbocycles. The molecule has 0 bridgehead atoms. The van der Waals surface area contributed by atoms with Gasteiger partial charge in [0.2, 0.25) is 0 Å². The number of hydrogen-bond acceptors (Lipinski definition) is 5. The number of rotatable bonds is 6. The third kappa shape index (κ3) is 6.18. The molecule has 0 amide bonds. The van der Waals surface area contributed by atoms with Crippen LogP contribution in [0.2, 0.25) is 0 Å². The largest absolute Gasteiger partial charge is 0.462 e. The van der Waals surface area contributed by atoms with E-state index in [2.05, 4.69) is 0 Å². The molecule has 1 N–H and O–H groups in total. The van der Waals surface area contributed by atoms with E-state index in [1.165, 1.54) is 6.92 Å². The highest BCUT2D eigenvalue weighted by molar-refractivity contribution is 5.66. The lowest BCUT2D eigenvalue weighted by Gasteiger charge is -2.31. The summed E-state index contributed by atoms with van der Waals surface area (Å²) < 4.78 is 15.7. The van der Waals surface area contributed by atoms with Gasteiger partial charge in [-0.05, 0) is 37.3 Å². The van der Waals surface area contributed by atoms with Crippen molar-refractivity contribution in [2.75, 3.05) is 20.3 Å². The zero-order valence-corrected chi connectivity index (χ0v) is 11.9. The SMILES string of the molecule is CO[C@H]1C[C@H](CCC(C)O)/C(=C\COC(C)=O)CO1. The first-order chi connectivity index (χ1) is 9.02. The van der Waals surface area contributed by atoms with Gasteiger partial charge in [-0.3, -0.25) is 4.79 Å². The molecule has 5 nitrogen and oxygen atoms in total. The minimum Gasteiger partial charge on any atom is -0.462 e. The van der Waals surface area contributed by atoms with Crippen molar-refractivity contribution in [3.8, 4) is 0 Å². The summed E-state index contributed by atoms with van der Waals surface area (Å²) in [5.74, 6) is 0.0211. The number of carbonyl (C=O) groups excluding carboxylic acids is 1. The standard InChI is InChI=1S/C14H24O5/c1-10(15)4-5-12-8-14(17-3)19-9-13(12)6-7-18-11(2)16/h6,10,12,14-15H,4-5,7-9H2,1-3H3/b13-6-/t10?,12-,14+/m0/s1. The highest BCUT2D eigenvalue weighted by Gasteiger charge is 2.26. The van der Waals surface area contributed by atoms with Crippen LogP contribution >= 0.6 is 0 Å². The van der Waals surface area contributed by atoms with Crippen LogP contribution in [0.25, 0.3) is 0 Å². The number of hydrogen-bond donors (Lipinski definition) is 1. The van der Waals surface area contributed by atoms with Crippen molar-refractivity contribution in [1.82, 2.24) is 0 Å². The fourth-order valence-corrected chi connectivity index (χ4v) is 2.16. The number of aliphatic hydroxyl groups is 1. The van der Waals surface area contributed by atoms with Crippen molar-refractivity contribution in [2.24, 2.45) is 5.92 Å². The lowest BCUT2D eigenvalue weighted by molar-refractivity contribution is -0.144. The van der Waals surface area contributed by atoms with E-state index in [-0.39, 0.29) is 25.0 Å². The lowest BCUT2D eigenvalue weighted by Crippen LogP contribution is -2.30. The molecule has 0 aromatic carbocycles. The number of carbonyl (C=O) groups is 1. The van der Waals surface area contributed by atoms with Gasteiger partial charge in [0.05, 0.1) is 12.7 Å². The Bertz CT molecular complexity index is 311. The lowest BCUT2D eigenvalue weighted by atomic mass is 9.88. The first kappa shape index (κ1) is 16.1. The fourth-order valence-electron chi connectivity index (χ4n) is 2.16. The van der Waals surface area contributed by atoms with Gasteiger partial charge in [-0.2, -0.15) is 0 Å². The van der Waals surface area contributed by atoms with Crippen molar-refractivity contribution in [1.29, 1.82) is 0 Å². The molecule has 5 heteroatoms. The maximum absolute atomic E-state index is 10.7. The van der Waals surface area contributed by atoms with Crippen LogP contribution in [0.4, 0.5) is 0 Å². The summed E-state index contributed by atoms with van der Waals surface area (Å²) in [5.41, 5.74) is 1.12. The van der Waals surface area contributed by atoms with Crippen LogP contribution in [-0.4, -0.2) is 43.8 Å². The van der Waals surface area contributed by atoms with Crippen molar-refractivity contribution >= 4 is 5.97 Å². The molecule has 0 aromatic rings. The van der Waals surface area contributed by atoms with Gasteiger partial charge in [0, 0.05) is 20.5 Å². The zero-order valence-electron chi connectivity index (χ0n) is 11.9. The molecule has 1 unspecified atom stereocenters. The quantitative estimate of drug-likeness (QED) is 0.588. The van der Waals surface area contributed by atoms with Gasteiger partial charge in [0.1, 0.15) is 6.61 Å². The van der Waals surface area contributed by atoms with Gasteiger partial charge in [0.25, 0.3) is 0 Å². The molecule has 1 aliphatic rings. The normalized spacial score (nSPS) is 27.3. The Labute approximate surface area is 114 Å². The Balaban J connectivity index is 2.56. The highest BCUT2D eigenvalue weighted by atomic mass is 16.7. The van der Waals surface area contributed by atoms with E-state index in [9.17, 15) is 9.90 Å². The Hall–Kier alpha value is -0.910. The molecule has 0 aliphatic carbocycles. The Kier molecular flexibility index (Phi) is 7.05. The fraction of sp³-hybridized carbons (Fsp3) is 0.786. The molecule has 1 heterocycles. The van der Waals surface area contributed by atoms with Gasteiger partial charge >= 0.3 is 5.97 Å². The van der Waals surface area contributed by atoms with E-state index < -0.39 is 0 Å². The van der Waals surface area contributed by atoms with E-state index in [1.54, 1.807) is 14.0 Å². The van der Waals surface area contributed by atoms with Crippen molar-refractivity contribution in [2.45, 2.75) is 45.5 Å². The first-order valence-corrected chi connectivity index (χ1v) is 6.67. The van der Waals surface area contributed by atoms with Crippen LogP contribution in [0.1, 0.15) is 33.1 Å². The average Bonchev–Trinajstić information content (AvgIpc) is 2.36. The van der Waals surface area contributed by atoms with Gasteiger partial charge in [-0.1, -0.05) is 0 Å². The van der Waals surface area contributed by atoms with Gasteiger partial charge in [-0.25, -0.2) is 0 Å². The van der Waals surface area contributed by atoms with E-state index in [4.69, 9.17) is 14.2 Å². The van der Waals surface area contributed by atoms with Crippen LogP contribution in [0.3, 0.4) is 0 Å². The summed E-state index contributed by atoms with van der Waals surface area (Å²) in [6.45, 7) is 3.94. The molecule has 1 saturated heterocycles. The average molecular weight is 272 g/mol. The molecular weight excluding hydrogens is 248 g/mol. The summed E-state index contributed by atoms with van der Waals surface area (Å²) in [6, 6.07) is 0. The molecule has 1 aliphatic heterocycles. The topological polar surface area (TPSA) is 65.0 Å². The second-order valence-corrected chi connectivity index (χ2v) is 4.92. The zero-order chi connectivity index (χ0) is 14.3. The van der Waals surface area contributed by atoms with Crippen LogP contribution in [0.5, 0.6) is 0 Å². The van der Waals surface area contributed by atoms with Gasteiger partial charge in [0.15, 0.2) is 6.29 Å². The third-order valence-electron chi connectivity index (χ3n) is 3.27. The summed E-state index contributed by atoms with van der Waals surface area (Å²) in [6.07, 6.45) is 3.80. The molecular formula is C14H24O5. The molecule has 19 heavy (non-hydrogen) atoms. The number of aliphatic hydroxyl groups excluding tert-OH is 1. The number of ether oxygens (including phenoxy) is 3. The smallest absolute Gasteiger partial charge is 0.302 e. The highest BCUT2D eigenvalue weighted by Crippen LogP contribution is 2.29. The minimum atomic E-state index is -0.307. The Morgan fingerprint density at radius 1 is 1.63 bits per heavy atom. The molecule has 110 valence electrons. The molecule has 0 radical (unpaired) electrons. The number of esters is 1. The molecule has 0 spiro atoms. The summed E-state index contributed by atoms with van der Waals surface area (Å²) in [4.78, 5) is 10.7. The molecule has 0 aromatic heterocycles. The third-order valence-corrected chi connectivity index (χ3v) is 3.27. The predicted octanol–water partition coefficient (Wildman–Crippen LogP) is 1.65. The van der Waals surface area contributed by atoms with Crippen LogP contribution < -0.4 is 0 Å². The van der Waals surface area contributed by atoms with Gasteiger partial charge in [-0.15, -0.1) is 0 Å². The monoisotopic (exact) mass is 272 g/mol. The maximum Gasteiger partial charge on any atom is 0.302 e. The summed E-state index contributed by atoms with van der Waals surface area (Å²) in [5, 5.41) is 9.39. The van der Waals surface area contributed by atoms with Crippen molar-refractivity contribution in [3.63, 3.8) is 0 Å². The van der Waals surface area contributed by atoms with E-state index in [1.807, 2.05) is 6.08 Å². The Morgan fingerprint density at radius 2 is 2.37 bits per heavy atom. The maximum atomic E-state index is 10.7. The molecule has 1 fully saturated rings. The van der Waals surface area contributed by atoms with Crippen LogP contribution in [0, 0.1) is 5.92 Å².